The number of urea groups is 1. The van der Waals surface area contributed by atoms with E-state index >= 15 is 0 Å². The van der Waals surface area contributed by atoms with Crippen LogP contribution in [0.2, 0.25) is 0 Å². The van der Waals surface area contributed by atoms with Crippen molar-refractivity contribution < 1.29 is 19.5 Å². The van der Waals surface area contributed by atoms with Crippen LogP contribution in [0.3, 0.4) is 0 Å². The molecule has 9 rings (SSSR count). The smallest absolute Gasteiger partial charge is 0.318 e. The average Bonchev–Trinajstić information content (AvgIpc) is 4.16. The fourth-order valence-corrected chi connectivity index (χ4v) is 9.05. The first-order chi connectivity index (χ1) is 29.8. The quantitative estimate of drug-likeness (QED) is 0.0983. The Morgan fingerprint density at radius 2 is 1.10 bits per heavy atom. The Balaban J connectivity index is 0.851. The summed E-state index contributed by atoms with van der Waals surface area (Å²) < 4.78 is 0. The normalized spacial score (nSPS) is 20.1. The maximum Gasteiger partial charge on any atom is 0.318 e. The number of aliphatic hydroxyl groups is 1. The van der Waals surface area contributed by atoms with Crippen molar-refractivity contribution in [1.29, 1.82) is 0 Å². The number of β-amino-alcohol motifs (C(OH)–C–C–N with tert-alkyl or cyclic N) is 1. The molecule has 13 heteroatoms. The summed E-state index contributed by atoms with van der Waals surface area (Å²) in [6.45, 7) is 2.00. The number of carbonyl (C=O) groups is 3. The van der Waals surface area contributed by atoms with E-state index in [1.807, 2.05) is 82.9 Å². The third kappa shape index (κ3) is 8.44. The van der Waals surface area contributed by atoms with Crippen molar-refractivity contribution in [3.63, 3.8) is 0 Å². The summed E-state index contributed by atoms with van der Waals surface area (Å²) in [5, 5.41) is 13.2. The zero-order valence-corrected chi connectivity index (χ0v) is 34.0. The number of hydrogen-bond acceptors (Lipinski definition) is 7. The summed E-state index contributed by atoms with van der Waals surface area (Å²) in [4.78, 5) is 62.8. The van der Waals surface area contributed by atoms with Gasteiger partial charge in [0.15, 0.2) is 0 Å². The van der Waals surface area contributed by atoms with Crippen LogP contribution in [0, 0.1) is 0 Å². The van der Waals surface area contributed by atoms with Gasteiger partial charge >= 0.3 is 6.03 Å². The molecule has 5 atom stereocenters. The number of imidazole rings is 2. The Hall–Kier alpha value is -6.57. The van der Waals surface area contributed by atoms with Gasteiger partial charge in [-0.3, -0.25) is 9.59 Å². The highest BCUT2D eigenvalue weighted by molar-refractivity contribution is 5.89. The lowest BCUT2D eigenvalue weighted by Crippen LogP contribution is -2.51. The van der Waals surface area contributed by atoms with Crippen molar-refractivity contribution in [3.8, 4) is 33.6 Å². The van der Waals surface area contributed by atoms with Crippen molar-refractivity contribution in [2.75, 3.05) is 26.2 Å². The molecule has 0 radical (unpaired) electrons. The molecule has 0 unspecified atom stereocenters. The molecule has 3 fully saturated rings. The maximum absolute atomic E-state index is 14.3. The summed E-state index contributed by atoms with van der Waals surface area (Å²) in [5.41, 5.74) is 13.8. The topological polar surface area (TPSA) is 177 Å². The number of aromatic amines is 2. The van der Waals surface area contributed by atoms with Crippen molar-refractivity contribution in [3.05, 3.63) is 144 Å². The van der Waals surface area contributed by atoms with Crippen LogP contribution < -0.4 is 11.1 Å². The van der Waals surface area contributed by atoms with Gasteiger partial charge in [-0.1, -0.05) is 109 Å². The van der Waals surface area contributed by atoms with Crippen molar-refractivity contribution in [1.82, 2.24) is 40.0 Å². The number of piperidine rings is 1. The number of rotatable bonds is 10. The lowest BCUT2D eigenvalue weighted by Gasteiger charge is -2.33. The Morgan fingerprint density at radius 1 is 0.623 bits per heavy atom. The summed E-state index contributed by atoms with van der Waals surface area (Å²) in [6.07, 6.45) is 7.77. The van der Waals surface area contributed by atoms with Gasteiger partial charge in [0.2, 0.25) is 11.8 Å². The van der Waals surface area contributed by atoms with Crippen LogP contribution in [0.4, 0.5) is 4.79 Å². The molecule has 6 N–H and O–H groups in total. The van der Waals surface area contributed by atoms with Gasteiger partial charge in [-0.15, -0.1) is 0 Å². The highest BCUT2D eigenvalue weighted by Crippen LogP contribution is 2.36. The molecule has 2 aromatic heterocycles. The molecule has 4 amide bonds. The molecule has 6 aromatic rings. The molecule has 61 heavy (non-hydrogen) atoms. The third-order valence-corrected chi connectivity index (χ3v) is 12.4. The number of nitrogens with two attached hydrogens (primary N) is 1. The van der Waals surface area contributed by atoms with E-state index in [-0.39, 0.29) is 36.5 Å². The van der Waals surface area contributed by atoms with E-state index in [9.17, 15) is 19.5 Å². The van der Waals surface area contributed by atoms with Gasteiger partial charge < -0.3 is 40.8 Å². The van der Waals surface area contributed by atoms with Crippen molar-refractivity contribution in [2.24, 2.45) is 5.73 Å². The number of benzene rings is 4. The monoisotopic (exact) mass is 817 g/mol. The second-order valence-electron chi connectivity index (χ2n) is 16.3. The number of hydrogen-bond donors (Lipinski definition) is 5. The minimum absolute atomic E-state index is 0.0883. The van der Waals surface area contributed by atoms with E-state index in [1.165, 1.54) is 0 Å². The molecule has 0 aliphatic carbocycles. The second kappa shape index (κ2) is 17.6. The van der Waals surface area contributed by atoms with Gasteiger partial charge in [-0.25, -0.2) is 14.8 Å². The average molecular weight is 818 g/mol. The Bertz CT molecular complexity index is 2450. The Labute approximate surface area is 355 Å². The first kappa shape index (κ1) is 39.9. The third-order valence-electron chi connectivity index (χ3n) is 12.4. The lowest BCUT2D eigenvalue weighted by molar-refractivity contribution is -0.135. The van der Waals surface area contributed by atoms with E-state index in [0.717, 1.165) is 77.1 Å². The van der Waals surface area contributed by atoms with Crippen LogP contribution in [-0.4, -0.2) is 89.9 Å². The predicted octanol–water partition coefficient (Wildman–Crippen LogP) is 7.07. The second-order valence-corrected chi connectivity index (χ2v) is 16.3. The van der Waals surface area contributed by atoms with E-state index in [2.05, 4.69) is 63.8 Å². The molecule has 3 aliphatic rings. The number of carbonyl (C=O) groups excluding carboxylic acids is 3. The molecular weight excluding hydrogens is 767 g/mol. The molecule has 13 nitrogen and oxygen atoms in total. The van der Waals surface area contributed by atoms with Gasteiger partial charge in [0.05, 0.1) is 42.0 Å². The molecule has 0 saturated carbocycles. The lowest BCUT2D eigenvalue weighted by atomic mass is 10.0. The maximum atomic E-state index is 14.3. The van der Waals surface area contributed by atoms with E-state index in [1.54, 1.807) is 4.90 Å². The molecule has 312 valence electrons. The first-order valence-corrected chi connectivity index (χ1v) is 21.3. The number of amides is 4. The Morgan fingerprint density at radius 3 is 1.62 bits per heavy atom. The number of likely N-dealkylation sites (tertiary alicyclic amines) is 3. The van der Waals surface area contributed by atoms with Gasteiger partial charge in [0, 0.05) is 26.2 Å². The van der Waals surface area contributed by atoms with Crippen molar-refractivity contribution in [2.45, 2.75) is 68.8 Å². The molecule has 3 saturated heterocycles. The standard InChI is InChI=1S/C48H51N9O4/c49-42(35-10-3-1-4-11-35)46(59)56-26-8-15-40(56)44-50-28-38(52-44)33-21-17-31(18-22-33)32-19-23-34(24-20-32)39-29-51-45(53-39)41-16-9-27-57(41)47(60)43(36-12-5-2-6-13-36)54-48(61)55-25-7-14-37(58)30-55/h1-6,10-13,17-24,28-29,37,40-43,58H,7-9,14-16,25-27,30,49H2,(H,50,52)(H,51,53)(H,54,61)/t37-,40-,41-,42+,43+/m0/s1. The minimum atomic E-state index is -0.869. The molecule has 5 heterocycles. The van der Waals surface area contributed by atoms with Crippen LogP contribution in [0.5, 0.6) is 0 Å². The summed E-state index contributed by atoms with van der Waals surface area (Å²) in [6, 6.07) is 33.1. The summed E-state index contributed by atoms with van der Waals surface area (Å²) >= 11 is 0. The minimum Gasteiger partial charge on any atom is -0.391 e. The number of aromatic nitrogens is 4. The van der Waals surface area contributed by atoms with Gasteiger partial charge in [-0.05, 0) is 71.9 Å². The van der Waals surface area contributed by atoms with Gasteiger partial charge in [0.25, 0.3) is 0 Å². The predicted molar refractivity (Wildman–Crippen MR) is 232 cm³/mol. The van der Waals surface area contributed by atoms with Crippen LogP contribution in [0.15, 0.2) is 122 Å². The number of H-pyrrole nitrogens is 2. The van der Waals surface area contributed by atoms with E-state index in [0.29, 0.717) is 37.4 Å². The van der Waals surface area contributed by atoms with E-state index < -0.39 is 18.2 Å². The largest absolute Gasteiger partial charge is 0.391 e. The van der Waals surface area contributed by atoms with Gasteiger partial charge in [0.1, 0.15) is 23.7 Å². The fraction of sp³-hybridized carbons (Fsp3) is 0.312. The van der Waals surface area contributed by atoms with Crippen LogP contribution >= 0.6 is 0 Å². The SMILES string of the molecule is N[C@@H](C(=O)N1CCC[C@H]1c1ncc(-c2ccc(-c3ccc(-c4cnc([C@@H]5CCCN5C(=O)[C@H](NC(=O)N5CCC[C@H](O)C5)c5ccccc5)[nH]4)cc3)cc2)[nH]1)c1ccccc1. The van der Waals surface area contributed by atoms with Crippen molar-refractivity contribution >= 4 is 17.8 Å². The van der Waals surface area contributed by atoms with Crippen LogP contribution in [0.25, 0.3) is 33.6 Å². The summed E-state index contributed by atoms with van der Waals surface area (Å²) in [5.74, 6) is 1.21. The highest BCUT2D eigenvalue weighted by atomic mass is 16.3. The van der Waals surface area contributed by atoms with E-state index in [4.69, 9.17) is 15.7 Å². The molecule has 3 aliphatic heterocycles. The van der Waals surface area contributed by atoms with Gasteiger partial charge in [-0.2, -0.15) is 0 Å². The zero-order valence-electron chi connectivity index (χ0n) is 34.0. The zero-order chi connectivity index (χ0) is 41.9. The highest BCUT2D eigenvalue weighted by Gasteiger charge is 2.38. The molecule has 0 bridgehead atoms. The first-order valence-electron chi connectivity index (χ1n) is 21.3. The molecule has 4 aromatic carbocycles. The van der Waals surface area contributed by atoms with Crippen LogP contribution in [0.1, 0.15) is 85.5 Å². The number of aliphatic hydroxyl groups excluding tert-OH is 1. The molecule has 0 spiro atoms. The summed E-state index contributed by atoms with van der Waals surface area (Å²) in [7, 11) is 0. The fourth-order valence-electron chi connectivity index (χ4n) is 9.05. The Kier molecular flexibility index (Phi) is 11.5. The number of nitrogens with one attached hydrogen (secondary N) is 3. The van der Waals surface area contributed by atoms with Crippen LogP contribution in [-0.2, 0) is 9.59 Å². The molecular formula is C48H51N9O4. The number of nitrogens with zero attached hydrogens (tertiary/aromatic N) is 5.